The van der Waals surface area contributed by atoms with Gasteiger partial charge in [-0.2, -0.15) is 0 Å². The zero-order chi connectivity index (χ0) is 13.2. The highest BCUT2D eigenvalue weighted by molar-refractivity contribution is 5.74. The van der Waals surface area contributed by atoms with Crippen LogP contribution in [-0.2, 0) is 6.42 Å². The predicted molar refractivity (Wildman–Crippen MR) is 74.4 cm³/mol. The summed E-state index contributed by atoms with van der Waals surface area (Å²) >= 11 is 0. The van der Waals surface area contributed by atoms with Gasteiger partial charge in [0.25, 0.3) is 5.56 Å². The van der Waals surface area contributed by atoms with Gasteiger partial charge >= 0.3 is 0 Å². The third-order valence-electron chi connectivity index (χ3n) is 3.43. The second-order valence-electron chi connectivity index (χ2n) is 4.99. The molecular weight excluding hydrogens is 240 g/mol. The highest BCUT2D eigenvalue weighted by Gasteiger charge is 2.23. The fraction of sp³-hybridized carbons (Fsp3) is 0.267. The molecule has 0 atom stereocenters. The molecule has 0 unspecified atom stereocenters. The summed E-state index contributed by atoms with van der Waals surface area (Å²) in [5, 5.41) is 3.03. The number of benzene rings is 1. The van der Waals surface area contributed by atoms with Gasteiger partial charge in [0.2, 0.25) is 0 Å². The van der Waals surface area contributed by atoms with E-state index in [1.165, 1.54) is 12.8 Å². The number of aromatic amines is 1. The third kappa shape index (κ3) is 2.47. The number of pyridine rings is 1. The SMILES string of the molecule is O=Nc1cc(CC2CC2)[nH]c(=O)c1-c1ccccc1. The van der Waals surface area contributed by atoms with Crippen LogP contribution in [0.5, 0.6) is 0 Å². The van der Waals surface area contributed by atoms with Crippen LogP contribution in [0, 0.1) is 10.8 Å². The van der Waals surface area contributed by atoms with Crippen molar-refractivity contribution in [2.45, 2.75) is 19.3 Å². The van der Waals surface area contributed by atoms with Crippen molar-refractivity contribution in [2.75, 3.05) is 0 Å². The summed E-state index contributed by atoms with van der Waals surface area (Å²) in [6, 6.07) is 10.9. The molecule has 1 fully saturated rings. The third-order valence-corrected chi connectivity index (χ3v) is 3.43. The molecule has 1 aliphatic rings. The smallest absolute Gasteiger partial charge is 0.258 e. The molecule has 1 aliphatic carbocycles. The van der Waals surface area contributed by atoms with Gasteiger partial charge < -0.3 is 4.98 Å². The first kappa shape index (κ1) is 11.8. The molecule has 0 bridgehead atoms. The summed E-state index contributed by atoms with van der Waals surface area (Å²) in [7, 11) is 0. The maximum Gasteiger partial charge on any atom is 0.258 e. The van der Waals surface area contributed by atoms with Gasteiger partial charge in [-0.3, -0.25) is 4.79 Å². The Balaban J connectivity index is 2.08. The lowest BCUT2D eigenvalue weighted by atomic mass is 10.0. The van der Waals surface area contributed by atoms with Gasteiger partial charge in [0.15, 0.2) is 0 Å². The van der Waals surface area contributed by atoms with Crippen LogP contribution in [0.2, 0.25) is 0 Å². The van der Waals surface area contributed by atoms with Gasteiger partial charge in [-0.25, -0.2) is 0 Å². The summed E-state index contributed by atoms with van der Waals surface area (Å²) in [6.45, 7) is 0. The van der Waals surface area contributed by atoms with E-state index < -0.39 is 0 Å². The van der Waals surface area contributed by atoms with E-state index in [9.17, 15) is 9.70 Å². The van der Waals surface area contributed by atoms with E-state index in [1.54, 1.807) is 18.2 Å². The van der Waals surface area contributed by atoms with E-state index in [0.29, 0.717) is 11.5 Å². The quantitative estimate of drug-likeness (QED) is 0.850. The molecule has 1 aromatic carbocycles. The van der Waals surface area contributed by atoms with Crippen LogP contribution in [0.15, 0.2) is 46.4 Å². The summed E-state index contributed by atoms with van der Waals surface area (Å²) in [5.41, 5.74) is 1.87. The molecule has 1 heterocycles. The maximum atomic E-state index is 12.2. The van der Waals surface area contributed by atoms with E-state index >= 15 is 0 Å². The van der Waals surface area contributed by atoms with Gasteiger partial charge in [-0.1, -0.05) is 30.3 Å². The number of rotatable bonds is 4. The molecule has 0 spiro atoms. The maximum absolute atomic E-state index is 12.2. The minimum atomic E-state index is -0.237. The average molecular weight is 254 g/mol. The minimum Gasteiger partial charge on any atom is -0.326 e. The molecule has 2 aromatic rings. The Morgan fingerprint density at radius 1 is 1.21 bits per heavy atom. The second-order valence-corrected chi connectivity index (χ2v) is 4.99. The molecule has 3 rings (SSSR count). The Kier molecular flexibility index (Phi) is 2.99. The lowest BCUT2D eigenvalue weighted by molar-refractivity contribution is 0.800. The van der Waals surface area contributed by atoms with Crippen LogP contribution in [0.25, 0.3) is 11.1 Å². The molecule has 1 N–H and O–H groups in total. The van der Waals surface area contributed by atoms with E-state index in [-0.39, 0.29) is 11.2 Å². The van der Waals surface area contributed by atoms with Crippen molar-refractivity contribution in [3.63, 3.8) is 0 Å². The van der Waals surface area contributed by atoms with Crippen LogP contribution in [0.1, 0.15) is 18.5 Å². The second kappa shape index (κ2) is 4.80. The zero-order valence-corrected chi connectivity index (χ0v) is 10.4. The lowest BCUT2D eigenvalue weighted by Crippen LogP contribution is -2.12. The van der Waals surface area contributed by atoms with Crippen molar-refractivity contribution < 1.29 is 0 Å². The number of hydrogen-bond acceptors (Lipinski definition) is 3. The fourth-order valence-corrected chi connectivity index (χ4v) is 2.30. The molecule has 1 aromatic heterocycles. The molecular formula is C15H14N2O2. The van der Waals surface area contributed by atoms with E-state index in [2.05, 4.69) is 10.2 Å². The summed E-state index contributed by atoms with van der Waals surface area (Å²) < 4.78 is 0. The van der Waals surface area contributed by atoms with Crippen LogP contribution in [-0.4, -0.2) is 4.98 Å². The fourth-order valence-electron chi connectivity index (χ4n) is 2.30. The van der Waals surface area contributed by atoms with Crippen LogP contribution < -0.4 is 5.56 Å². The first-order chi connectivity index (χ1) is 9.28. The first-order valence-corrected chi connectivity index (χ1v) is 6.43. The largest absolute Gasteiger partial charge is 0.326 e. The van der Waals surface area contributed by atoms with Gasteiger partial charge in [0, 0.05) is 5.69 Å². The molecule has 96 valence electrons. The number of H-pyrrole nitrogens is 1. The predicted octanol–water partition coefficient (Wildman–Crippen LogP) is 3.39. The number of nitrogens with one attached hydrogen (secondary N) is 1. The molecule has 19 heavy (non-hydrogen) atoms. The molecule has 4 nitrogen and oxygen atoms in total. The minimum absolute atomic E-state index is 0.227. The zero-order valence-electron chi connectivity index (χ0n) is 10.4. The molecule has 0 amide bonds. The van der Waals surface area contributed by atoms with Gasteiger partial charge in [-0.05, 0) is 42.0 Å². The molecule has 1 saturated carbocycles. The Labute approximate surface area is 110 Å². The average Bonchev–Trinajstić information content (AvgIpc) is 3.23. The van der Waals surface area contributed by atoms with E-state index in [0.717, 1.165) is 17.7 Å². The Hall–Kier alpha value is -2.23. The highest BCUT2D eigenvalue weighted by atomic mass is 16.3. The van der Waals surface area contributed by atoms with Crippen molar-refractivity contribution in [3.8, 4) is 11.1 Å². The number of aromatic nitrogens is 1. The Morgan fingerprint density at radius 3 is 2.58 bits per heavy atom. The standard InChI is InChI=1S/C15H14N2O2/c18-15-14(11-4-2-1-3-5-11)13(17-19)9-12(16-15)8-10-6-7-10/h1-5,9-10H,6-8H2,(H,16,18). The van der Waals surface area contributed by atoms with Crippen LogP contribution in [0.4, 0.5) is 5.69 Å². The van der Waals surface area contributed by atoms with Crippen LogP contribution in [0.3, 0.4) is 0 Å². The lowest BCUT2D eigenvalue weighted by Gasteiger charge is -2.06. The Morgan fingerprint density at radius 2 is 1.95 bits per heavy atom. The highest BCUT2D eigenvalue weighted by Crippen LogP contribution is 2.33. The number of hydrogen-bond donors (Lipinski definition) is 1. The first-order valence-electron chi connectivity index (χ1n) is 6.43. The van der Waals surface area contributed by atoms with E-state index in [1.807, 2.05) is 18.2 Å². The van der Waals surface area contributed by atoms with Crippen molar-refractivity contribution in [1.82, 2.24) is 4.98 Å². The van der Waals surface area contributed by atoms with Crippen molar-refractivity contribution in [1.29, 1.82) is 0 Å². The van der Waals surface area contributed by atoms with Gasteiger partial charge in [0.05, 0.1) is 5.56 Å². The van der Waals surface area contributed by atoms with Crippen molar-refractivity contribution in [2.24, 2.45) is 11.1 Å². The topological polar surface area (TPSA) is 62.3 Å². The van der Waals surface area contributed by atoms with Crippen molar-refractivity contribution in [3.05, 3.63) is 57.4 Å². The summed E-state index contributed by atoms with van der Waals surface area (Å²) in [4.78, 5) is 26.0. The number of nitrogens with zero attached hydrogens (tertiary/aromatic N) is 1. The normalized spacial score (nSPS) is 14.3. The van der Waals surface area contributed by atoms with E-state index in [4.69, 9.17) is 0 Å². The van der Waals surface area contributed by atoms with Gasteiger partial charge in [-0.15, -0.1) is 4.91 Å². The monoisotopic (exact) mass is 254 g/mol. The molecule has 0 aliphatic heterocycles. The molecule has 0 saturated heterocycles. The Bertz CT molecular complexity index is 658. The summed E-state index contributed by atoms with van der Waals surface area (Å²) in [5.74, 6) is 0.651. The molecule has 0 radical (unpaired) electrons. The van der Waals surface area contributed by atoms with Crippen molar-refractivity contribution >= 4 is 5.69 Å². The molecule has 4 heteroatoms. The summed E-state index contributed by atoms with van der Waals surface area (Å²) in [6.07, 6.45) is 3.23. The van der Waals surface area contributed by atoms with Crippen LogP contribution >= 0.6 is 0 Å². The van der Waals surface area contributed by atoms with Gasteiger partial charge in [0.1, 0.15) is 5.69 Å². The number of nitroso groups, excluding NO2 is 1.